The van der Waals surface area contributed by atoms with Gasteiger partial charge in [-0.3, -0.25) is 0 Å². The zero-order valence-corrected chi connectivity index (χ0v) is 8.56. The number of benzene rings is 1. The summed E-state index contributed by atoms with van der Waals surface area (Å²) in [6.45, 7) is 2.07. The Labute approximate surface area is 84.1 Å². The SMILES string of the molecule is CCOc1c(C#N)ccc(Br)c1F. The molecule has 1 aromatic rings. The second kappa shape index (κ2) is 4.24. The van der Waals surface area contributed by atoms with E-state index >= 15 is 0 Å². The topological polar surface area (TPSA) is 33.0 Å². The average molecular weight is 244 g/mol. The molecule has 0 amide bonds. The first-order valence-corrected chi connectivity index (χ1v) is 4.51. The van der Waals surface area contributed by atoms with Gasteiger partial charge in [0, 0.05) is 0 Å². The first-order valence-electron chi connectivity index (χ1n) is 3.71. The third-order valence-electron chi connectivity index (χ3n) is 1.46. The largest absolute Gasteiger partial charge is 0.489 e. The highest BCUT2D eigenvalue weighted by Gasteiger charge is 2.12. The van der Waals surface area contributed by atoms with Gasteiger partial charge in [-0.05, 0) is 35.0 Å². The fourth-order valence-corrected chi connectivity index (χ4v) is 1.22. The van der Waals surface area contributed by atoms with E-state index in [1.54, 1.807) is 6.92 Å². The van der Waals surface area contributed by atoms with Crippen LogP contribution in [0.25, 0.3) is 0 Å². The van der Waals surface area contributed by atoms with Crippen LogP contribution in [0.15, 0.2) is 16.6 Å². The lowest BCUT2D eigenvalue weighted by atomic mass is 10.2. The number of hydrogen-bond acceptors (Lipinski definition) is 2. The van der Waals surface area contributed by atoms with Gasteiger partial charge >= 0.3 is 0 Å². The van der Waals surface area contributed by atoms with Crippen molar-refractivity contribution in [2.24, 2.45) is 0 Å². The zero-order valence-electron chi connectivity index (χ0n) is 6.97. The van der Waals surface area contributed by atoms with Crippen LogP contribution in [0.5, 0.6) is 5.75 Å². The van der Waals surface area contributed by atoms with Crippen molar-refractivity contribution in [3.05, 3.63) is 28.0 Å². The normalized spacial score (nSPS) is 9.38. The predicted octanol–water partition coefficient (Wildman–Crippen LogP) is 2.86. The summed E-state index contributed by atoms with van der Waals surface area (Å²) in [6.07, 6.45) is 0. The molecule has 0 aromatic heterocycles. The smallest absolute Gasteiger partial charge is 0.180 e. The molecular formula is C9H7BrFNO. The van der Waals surface area contributed by atoms with Gasteiger partial charge in [0.2, 0.25) is 0 Å². The van der Waals surface area contributed by atoms with E-state index in [9.17, 15) is 4.39 Å². The summed E-state index contributed by atoms with van der Waals surface area (Å²) < 4.78 is 18.6. The lowest BCUT2D eigenvalue weighted by molar-refractivity contribution is 0.319. The first-order chi connectivity index (χ1) is 6.20. The van der Waals surface area contributed by atoms with Gasteiger partial charge in [0.15, 0.2) is 11.6 Å². The van der Waals surface area contributed by atoms with Gasteiger partial charge in [0.25, 0.3) is 0 Å². The Balaban J connectivity index is 3.26. The van der Waals surface area contributed by atoms with E-state index in [-0.39, 0.29) is 11.3 Å². The Morgan fingerprint density at radius 2 is 2.31 bits per heavy atom. The molecule has 0 N–H and O–H groups in total. The Kier molecular flexibility index (Phi) is 3.26. The van der Waals surface area contributed by atoms with Crippen molar-refractivity contribution < 1.29 is 9.13 Å². The standard InChI is InChI=1S/C9H7BrFNO/c1-2-13-9-6(5-12)3-4-7(10)8(9)11/h3-4H,2H2,1H3. The van der Waals surface area contributed by atoms with Crippen LogP contribution in [0.2, 0.25) is 0 Å². The summed E-state index contributed by atoms with van der Waals surface area (Å²) in [4.78, 5) is 0. The highest BCUT2D eigenvalue weighted by molar-refractivity contribution is 9.10. The number of halogens is 2. The van der Waals surface area contributed by atoms with E-state index in [1.807, 2.05) is 6.07 Å². The number of nitrogens with zero attached hydrogens (tertiary/aromatic N) is 1. The molecule has 4 heteroatoms. The molecule has 0 heterocycles. The number of hydrogen-bond donors (Lipinski definition) is 0. The van der Waals surface area contributed by atoms with E-state index in [0.717, 1.165) is 0 Å². The van der Waals surface area contributed by atoms with Crippen molar-refractivity contribution in [3.8, 4) is 11.8 Å². The maximum Gasteiger partial charge on any atom is 0.180 e. The van der Waals surface area contributed by atoms with Crippen LogP contribution >= 0.6 is 15.9 Å². The summed E-state index contributed by atoms with van der Waals surface area (Å²) >= 11 is 3.01. The van der Waals surface area contributed by atoms with E-state index in [4.69, 9.17) is 10.00 Å². The van der Waals surface area contributed by atoms with Crippen molar-refractivity contribution in [1.29, 1.82) is 5.26 Å². The van der Waals surface area contributed by atoms with Crippen molar-refractivity contribution in [3.63, 3.8) is 0 Å². The van der Waals surface area contributed by atoms with Gasteiger partial charge in [0.05, 0.1) is 16.6 Å². The molecule has 68 valence electrons. The monoisotopic (exact) mass is 243 g/mol. The molecule has 0 radical (unpaired) electrons. The molecule has 0 aliphatic rings. The molecule has 0 atom stereocenters. The molecular weight excluding hydrogens is 237 g/mol. The lowest BCUT2D eigenvalue weighted by Gasteiger charge is -2.06. The van der Waals surface area contributed by atoms with Crippen LogP contribution in [0.1, 0.15) is 12.5 Å². The minimum absolute atomic E-state index is 0.0133. The number of rotatable bonds is 2. The molecule has 0 saturated heterocycles. The van der Waals surface area contributed by atoms with Gasteiger partial charge in [-0.25, -0.2) is 4.39 Å². The summed E-state index contributed by atoms with van der Waals surface area (Å²) in [5, 5.41) is 8.65. The molecule has 0 aliphatic heterocycles. The summed E-state index contributed by atoms with van der Waals surface area (Å²) in [6, 6.07) is 4.86. The van der Waals surface area contributed by atoms with Crippen molar-refractivity contribution in [2.75, 3.05) is 6.61 Å². The van der Waals surface area contributed by atoms with Crippen LogP contribution in [0.3, 0.4) is 0 Å². The summed E-state index contributed by atoms with van der Waals surface area (Å²) in [5.41, 5.74) is 0.211. The molecule has 2 nitrogen and oxygen atoms in total. The second-order valence-electron chi connectivity index (χ2n) is 2.28. The van der Waals surface area contributed by atoms with Crippen molar-refractivity contribution in [1.82, 2.24) is 0 Å². The molecule has 0 aliphatic carbocycles. The Bertz CT molecular complexity index is 359. The maximum absolute atomic E-state index is 13.3. The Morgan fingerprint density at radius 3 is 2.85 bits per heavy atom. The van der Waals surface area contributed by atoms with E-state index < -0.39 is 5.82 Å². The van der Waals surface area contributed by atoms with Crippen LogP contribution in [0.4, 0.5) is 4.39 Å². The molecule has 13 heavy (non-hydrogen) atoms. The van der Waals surface area contributed by atoms with Gasteiger partial charge in [-0.2, -0.15) is 5.26 Å². The van der Waals surface area contributed by atoms with E-state index in [2.05, 4.69) is 15.9 Å². The lowest BCUT2D eigenvalue weighted by Crippen LogP contribution is -1.98. The van der Waals surface area contributed by atoms with Gasteiger partial charge in [-0.1, -0.05) is 0 Å². The van der Waals surface area contributed by atoms with Gasteiger partial charge in [-0.15, -0.1) is 0 Å². The molecule has 0 unspecified atom stereocenters. The molecule has 0 saturated carbocycles. The maximum atomic E-state index is 13.3. The van der Waals surface area contributed by atoms with E-state index in [1.165, 1.54) is 12.1 Å². The fourth-order valence-electron chi connectivity index (χ4n) is 0.906. The minimum Gasteiger partial charge on any atom is -0.489 e. The quantitative estimate of drug-likeness (QED) is 0.801. The highest BCUT2D eigenvalue weighted by Crippen LogP contribution is 2.28. The van der Waals surface area contributed by atoms with Crippen LogP contribution in [-0.2, 0) is 0 Å². The molecule has 0 spiro atoms. The third-order valence-corrected chi connectivity index (χ3v) is 2.07. The van der Waals surface area contributed by atoms with Gasteiger partial charge < -0.3 is 4.74 Å². The predicted molar refractivity (Wildman–Crippen MR) is 50.0 cm³/mol. The van der Waals surface area contributed by atoms with Crippen molar-refractivity contribution >= 4 is 15.9 Å². The molecule has 1 rings (SSSR count). The Morgan fingerprint density at radius 1 is 1.62 bits per heavy atom. The fraction of sp³-hybridized carbons (Fsp3) is 0.222. The highest BCUT2D eigenvalue weighted by atomic mass is 79.9. The zero-order chi connectivity index (χ0) is 9.84. The van der Waals surface area contributed by atoms with Crippen LogP contribution in [-0.4, -0.2) is 6.61 Å². The number of nitriles is 1. The minimum atomic E-state index is -0.527. The van der Waals surface area contributed by atoms with Crippen molar-refractivity contribution in [2.45, 2.75) is 6.92 Å². The first kappa shape index (κ1) is 10.0. The van der Waals surface area contributed by atoms with Crippen LogP contribution < -0.4 is 4.74 Å². The van der Waals surface area contributed by atoms with Gasteiger partial charge in [0.1, 0.15) is 6.07 Å². The second-order valence-corrected chi connectivity index (χ2v) is 3.14. The van der Waals surface area contributed by atoms with Crippen LogP contribution in [0, 0.1) is 17.1 Å². The molecule has 0 fully saturated rings. The average Bonchev–Trinajstić information content (AvgIpc) is 2.14. The van der Waals surface area contributed by atoms with E-state index in [0.29, 0.717) is 11.1 Å². The molecule has 1 aromatic carbocycles. The molecule has 0 bridgehead atoms. The third kappa shape index (κ3) is 1.99. The summed E-state index contributed by atoms with van der Waals surface area (Å²) in [7, 11) is 0. The Hall–Kier alpha value is -1.08. The summed E-state index contributed by atoms with van der Waals surface area (Å²) in [5.74, 6) is -0.514. The number of ether oxygens (including phenoxy) is 1.